The molecule has 1 nitrogen and oxygen atoms in total. The smallest absolute Gasteiger partial charge is 0.124 e. The Morgan fingerprint density at radius 1 is 1.29 bits per heavy atom. The maximum absolute atomic E-state index is 13.0. The lowest BCUT2D eigenvalue weighted by Crippen LogP contribution is -2.32. The zero-order chi connectivity index (χ0) is 12.7. The highest BCUT2D eigenvalue weighted by molar-refractivity contribution is 8.00. The van der Waals surface area contributed by atoms with Crippen LogP contribution >= 0.6 is 11.8 Å². The molecule has 1 N–H and O–H groups in total. The zero-order valence-electron chi connectivity index (χ0n) is 10.9. The summed E-state index contributed by atoms with van der Waals surface area (Å²) in [7, 11) is 0. The molecule has 0 aromatic heterocycles. The molecule has 0 bridgehead atoms. The third kappa shape index (κ3) is 5.55. The Labute approximate surface area is 108 Å². The molecule has 0 amide bonds. The molecule has 96 valence electrons. The second-order valence-corrected chi connectivity index (χ2v) is 5.82. The van der Waals surface area contributed by atoms with E-state index < -0.39 is 0 Å². The molecular weight excluding hydrogens is 233 g/mol. The van der Waals surface area contributed by atoms with Gasteiger partial charge in [-0.25, -0.2) is 4.39 Å². The highest BCUT2D eigenvalue weighted by Crippen LogP contribution is 2.23. The summed E-state index contributed by atoms with van der Waals surface area (Å²) >= 11 is 1.72. The van der Waals surface area contributed by atoms with Crippen LogP contribution in [-0.4, -0.2) is 17.8 Å². The van der Waals surface area contributed by atoms with E-state index in [0.29, 0.717) is 11.3 Å². The van der Waals surface area contributed by atoms with E-state index in [9.17, 15) is 4.39 Å². The van der Waals surface area contributed by atoms with Crippen LogP contribution in [-0.2, 0) is 0 Å². The Balaban J connectivity index is 2.36. The van der Waals surface area contributed by atoms with Crippen LogP contribution in [0.15, 0.2) is 29.2 Å². The van der Waals surface area contributed by atoms with Crippen molar-refractivity contribution in [3.05, 3.63) is 30.1 Å². The molecule has 0 heterocycles. The fourth-order valence-electron chi connectivity index (χ4n) is 1.72. The van der Waals surface area contributed by atoms with E-state index in [2.05, 4.69) is 26.1 Å². The van der Waals surface area contributed by atoms with E-state index >= 15 is 0 Å². The second-order valence-electron chi connectivity index (χ2n) is 4.31. The monoisotopic (exact) mass is 255 g/mol. The summed E-state index contributed by atoms with van der Waals surface area (Å²) in [4.78, 5) is 1.00. The van der Waals surface area contributed by atoms with Crippen LogP contribution in [0.5, 0.6) is 0 Å². The summed E-state index contributed by atoms with van der Waals surface area (Å²) in [6, 6.07) is 7.40. The molecular formula is C14H22FNS. The molecule has 1 rings (SSSR count). The third-order valence-corrected chi connectivity index (χ3v) is 3.91. The van der Waals surface area contributed by atoms with Crippen LogP contribution in [0, 0.1) is 5.82 Å². The SMILES string of the molecule is CCC(CC)NCC(C)Sc1cccc(F)c1. The highest BCUT2D eigenvalue weighted by atomic mass is 32.2. The van der Waals surface area contributed by atoms with Gasteiger partial charge in [-0.15, -0.1) is 11.8 Å². The normalized spacial score (nSPS) is 13.0. The first-order valence-electron chi connectivity index (χ1n) is 6.31. The van der Waals surface area contributed by atoms with E-state index in [0.717, 1.165) is 24.3 Å². The molecule has 17 heavy (non-hydrogen) atoms. The minimum Gasteiger partial charge on any atom is -0.313 e. The molecule has 0 spiro atoms. The quantitative estimate of drug-likeness (QED) is 0.737. The van der Waals surface area contributed by atoms with Gasteiger partial charge in [0.15, 0.2) is 0 Å². The molecule has 1 unspecified atom stereocenters. The number of rotatable bonds is 7. The Kier molecular flexibility index (Phi) is 6.60. The van der Waals surface area contributed by atoms with Crippen molar-refractivity contribution in [3.8, 4) is 0 Å². The first kappa shape index (κ1) is 14.5. The first-order valence-corrected chi connectivity index (χ1v) is 7.19. The first-order chi connectivity index (χ1) is 8.15. The Bertz CT molecular complexity index is 326. The van der Waals surface area contributed by atoms with E-state index in [-0.39, 0.29) is 5.82 Å². The summed E-state index contributed by atoms with van der Waals surface area (Å²) in [5.74, 6) is -0.157. The third-order valence-electron chi connectivity index (χ3n) is 2.81. The Morgan fingerprint density at radius 3 is 2.59 bits per heavy atom. The fraction of sp³-hybridized carbons (Fsp3) is 0.571. The number of hydrogen-bond donors (Lipinski definition) is 1. The number of thioether (sulfide) groups is 1. The van der Waals surface area contributed by atoms with Gasteiger partial charge in [0.1, 0.15) is 5.82 Å². The number of hydrogen-bond acceptors (Lipinski definition) is 2. The van der Waals surface area contributed by atoms with Crippen molar-refractivity contribution >= 4 is 11.8 Å². The van der Waals surface area contributed by atoms with Crippen molar-refractivity contribution in [1.29, 1.82) is 0 Å². The van der Waals surface area contributed by atoms with Crippen molar-refractivity contribution in [1.82, 2.24) is 5.32 Å². The second kappa shape index (κ2) is 7.72. The lowest BCUT2D eigenvalue weighted by molar-refractivity contribution is 0.488. The van der Waals surface area contributed by atoms with Gasteiger partial charge in [-0.3, -0.25) is 0 Å². The summed E-state index contributed by atoms with van der Waals surface area (Å²) in [6.07, 6.45) is 2.32. The topological polar surface area (TPSA) is 12.0 Å². The molecule has 0 saturated carbocycles. The molecule has 1 aromatic rings. The van der Waals surface area contributed by atoms with E-state index in [1.165, 1.54) is 6.07 Å². The van der Waals surface area contributed by atoms with Gasteiger partial charge >= 0.3 is 0 Å². The molecule has 0 aliphatic rings. The molecule has 1 aromatic carbocycles. The van der Waals surface area contributed by atoms with Gasteiger partial charge in [0.25, 0.3) is 0 Å². The molecule has 0 fully saturated rings. The fourth-order valence-corrected chi connectivity index (χ4v) is 2.71. The minimum atomic E-state index is -0.157. The Morgan fingerprint density at radius 2 is 2.00 bits per heavy atom. The molecule has 0 radical (unpaired) electrons. The summed E-state index contributed by atoms with van der Waals surface area (Å²) in [5.41, 5.74) is 0. The van der Waals surface area contributed by atoms with Gasteiger partial charge in [-0.2, -0.15) is 0 Å². The molecule has 1 atom stereocenters. The molecule has 0 aliphatic heterocycles. The maximum Gasteiger partial charge on any atom is 0.124 e. The maximum atomic E-state index is 13.0. The van der Waals surface area contributed by atoms with E-state index in [1.807, 2.05) is 6.07 Å². The molecule has 0 aliphatic carbocycles. The molecule has 0 saturated heterocycles. The largest absolute Gasteiger partial charge is 0.313 e. The summed E-state index contributed by atoms with van der Waals surface area (Å²) < 4.78 is 13.0. The van der Waals surface area contributed by atoms with Crippen molar-refractivity contribution < 1.29 is 4.39 Å². The predicted molar refractivity (Wildman–Crippen MR) is 74.1 cm³/mol. The van der Waals surface area contributed by atoms with Crippen molar-refractivity contribution in [2.24, 2.45) is 0 Å². The van der Waals surface area contributed by atoms with Gasteiger partial charge in [-0.1, -0.05) is 26.8 Å². The van der Waals surface area contributed by atoms with Gasteiger partial charge in [0, 0.05) is 22.7 Å². The van der Waals surface area contributed by atoms with Crippen LogP contribution in [0.3, 0.4) is 0 Å². The zero-order valence-corrected chi connectivity index (χ0v) is 11.7. The predicted octanol–water partition coefficient (Wildman–Crippen LogP) is 4.08. The van der Waals surface area contributed by atoms with E-state index in [1.54, 1.807) is 23.9 Å². The van der Waals surface area contributed by atoms with Crippen molar-refractivity contribution in [3.63, 3.8) is 0 Å². The van der Waals surface area contributed by atoms with Gasteiger partial charge in [-0.05, 0) is 31.0 Å². The van der Waals surface area contributed by atoms with Crippen LogP contribution in [0.4, 0.5) is 4.39 Å². The summed E-state index contributed by atoms with van der Waals surface area (Å²) in [5, 5.41) is 4.00. The Hall–Kier alpha value is -0.540. The average Bonchev–Trinajstić information content (AvgIpc) is 2.30. The van der Waals surface area contributed by atoms with Crippen LogP contribution in [0.2, 0.25) is 0 Å². The number of nitrogens with one attached hydrogen (secondary N) is 1. The minimum absolute atomic E-state index is 0.157. The van der Waals surface area contributed by atoms with Crippen molar-refractivity contribution in [2.75, 3.05) is 6.54 Å². The number of halogens is 1. The van der Waals surface area contributed by atoms with Crippen LogP contribution in [0.25, 0.3) is 0 Å². The van der Waals surface area contributed by atoms with Crippen LogP contribution < -0.4 is 5.32 Å². The lowest BCUT2D eigenvalue weighted by Gasteiger charge is -2.18. The highest BCUT2D eigenvalue weighted by Gasteiger charge is 2.08. The van der Waals surface area contributed by atoms with Crippen LogP contribution in [0.1, 0.15) is 33.6 Å². The molecule has 3 heteroatoms. The van der Waals surface area contributed by atoms with Crippen molar-refractivity contribution in [2.45, 2.75) is 49.8 Å². The standard InChI is InChI=1S/C14H22FNS/c1-4-13(5-2)16-10-11(3)17-14-8-6-7-12(15)9-14/h6-9,11,13,16H,4-5,10H2,1-3H3. The average molecular weight is 255 g/mol. The summed E-state index contributed by atoms with van der Waals surface area (Å²) in [6.45, 7) is 7.54. The van der Waals surface area contributed by atoms with Gasteiger partial charge in [0.05, 0.1) is 0 Å². The van der Waals surface area contributed by atoms with Gasteiger partial charge in [0.2, 0.25) is 0 Å². The van der Waals surface area contributed by atoms with Gasteiger partial charge < -0.3 is 5.32 Å². The van der Waals surface area contributed by atoms with E-state index in [4.69, 9.17) is 0 Å². The lowest BCUT2D eigenvalue weighted by atomic mass is 10.2. The number of benzene rings is 1.